The molecule has 0 aliphatic heterocycles. The zero-order chi connectivity index (χ0) is 9.84. The normalized spacial score (nSPS) is 18.7. The highest BCUT2D eigenvalue weighted by molar-refractivity contribution is 5.34. The fourth-order valence-electron chi connectivity index (χ4n) is 1.40. The van der Waals surface area contributed by atoms with Crippen molar-refractivity contribution in [2.45, 2.75) is 25.8 Å². The molecule has 0 amide bonds. The molecule has 0 aromatic rings. The van der Waals surface area contributed by atoms with Crippen molar-refractivity contribution >= 4 is 0 Å². The SMILES string of the molecule is C=C(OC)C1=CC=C([C@H](C)N)CC1.[HH]. The molecule has 0 saturated carbocycles. The molecule has 1 aliphatic rings. The summed E-state index contributed by atoms with van der Waals surface area (Å²) in [7, 11) is 1.65. The summed E-state index contributed by atoms with van der Waals surface area (Å²) in [6.07, 6.45) is 6.13. The van der Waals surface area contributed by atoms with Gasteiger partial charge >= 0.3 is 0 Å². The number of hydrogen-bond donors (Lipinski definition) is 1. The summed E-state index contributed by atoms with van der Waals surface area (Å²) >= 11 is 0. The molecule has 1 rings (SSSR count). The van der Waals surface area contributed by atoms with Gasteiger partial charge < -0.3 is 10.5 Å². The van der Waals surface area contributed by atoms with E-state index in [1.807, 2.05) is 13.0 Å². The lowest BCUT2D eigenvalue weighted by Crippen LogP contribution is -2.19. The van der Waals surface area contributed by atoms with Crippen molar-refractivity contribution in [3.63, 3.8) is 0 Å². The predicted molar refractivity (Wildman–Crippen MR) is 57.3 cm³/mol. The summed E-state index contributed by atoms with van der Waals surface area (Å²) in [5.74, 6) is 0.764. The van der Waals surface area contributed by atoms with Crippen LogP contribution in [0, 0.1) is 0 Å². The fourth-order valence-corrected chi connectivity index (χ4v) is 1.40. The van der Waals surface area contributed by atoms with E-state index in [4.69, 9.17) is 10.5 Å². The third-order valence-corrected chi connectivity index (χ3v) is 2.37. The van der Waals surface area contributed by atoms with Crippen LogP contribution in [0.1, 0.15) is 21.2 Å². The number of methoxy groups -OCH3 is 1. The number of rotatable bonds is 3. The Labute approximate surface area is 81.3 Å². The molecule has 74 valence electrons. The third kappa shape index (κ3) is 2.46. The molecule has 0 radical (unpaired) electrons. The van der Waals surface area contributed by atoms with E-state index in [9.17, 15) is 0 Å². The van der Waals surface area contributed by atoms with Crippen LogP contribution >= 0.6 is 0 Å². The van der Waals surface area contributed by atoms with Crippen LogP contribution in [-0.2, 0) is 4.74 Å². The Morgan fingerprint density at radius 3 is 2.69 bits per heavy atom. The molecule has 0 saturated heterocycles. The molecule has 0 spiro atoms. The first kappa shape index (κ1) is 10.1. The summed E-state index contributed by atoms with van der Waals surface area (Å²) in [5, 5.41) is 0. The maximum Gasteiger partial charge on any atom is 0.114 e. The monoisotopic (exact) mass is 181 g/mol. The van der Waals surface area contributed by atoms with E-state index in [1.165, 1.54) is 11.1 Å². The maximum absolute atomic E-state index is 5.77. The van der Waals surface area contributed by atoms with Gasteiger partial charge in [0.1, 0.15) is 5.76 Å². The second-order valence-corrected chi connectivity index (χ2v) is 3.35. The molecule has 0 aromatic carbocycles. The smallest absolute Gasteiger partial charge is 0.114 e. The van der Waals surface area contributed by atoms with Crippen molar-refractivity contribution in [2.24, 2.45) is 5.73 Å². The number of allylic oxidation sites excluding steroid dienone is 3. The van der Waals surface area contributed by atoms with Crippen LogP contribution in [0.25, 0.3) is 0 Å². The standard InChI is InChI=1S/C11H17NO.H2/c1-8(12)10-4-6-11(7-5-10)9(2)13-3;/h4,6,8H,2,5,7,12H2,1,3H3;1H/t8-;/m0./s1. The van der Waals surface area contributed by atoms with Crippen molar-refractivity contribution < 1.29 is 6.16 Å². The molecular weight excluding hydrogens is 162 g/mol. The van der Waals surface area contributed by atoms with Crippen LogP contribution in [0.4, 0.5) is 0 Å². The van der Waals surface area contributed by atoms with Crippen molar-refractivity contribution in [3.05, 3.63) is 35.6 Å². The molecule has 1 atom stereocenters. The van der Waals surface area contributed by atoms with Gasteiger partial charge in [-0.05, 0) is 25.3 Å². The first-order valence-electron chi connectivity index (χ1n) is 4.53. The first-order valence-corrected chi connectivity index (χ1v) is 4.53. The minimum atomic E-state index is 0. The van der Waals surface area contributed by atoms with E-state index in [-0.39, 0.29) is 7.47 Å². The summed E-state index contributed by atoms with van der Waals surface area (Å²) < 4.78 is 5.06. The summed E-state index contributed by atoms with van der Waals surface area (Å²) in [5.41, 5.74) is 8.24. The molecule has 0 bridgehead atoms. The van der Waals surface area contributed by atoms with E-state index in [0.29, 0.717) is 0 Å². The van der Waals surface area contributed by atoms with Crippen LogP contribution in [0.15, 0.2) is 35.6 Å². The van der Waals surface area contributed by atoms with Gasteiger partial charge in [0.15, 0.2) is 0 Å². The van der Waals surface area contributed by atoms with Crippen molar-refractivity contribution in [1.29, 1.82) is 0 Å². The van der Waals surface area contributed by atoms with E-state index >= 15 is 0 Å². The average Bonchev–Trinajstić information content (AvgIpc) is 2.17. The summed E-state index contributed by atoms with van der Waals surface area (Å²) in [4.78, 5) is 0. The quantitative estimate of drug-likeness (QED) is 0.678. The molecule has 0 heterocycles. The van der Waals surface area contributed by atoms with Gasteiger partial charge in [-0.15, -0.1) is 0 Å². The van der Waals surface area contributed by atoms with Gasteiger partial charge in [-0.25, -0.2) is 0 Å². The van der Waals surface area contributed by atoms with Crippen LogP contribution < -0.4 is 5.73 Å². The van der Waals surface area contributed by atoms with Gasteiger partial charge in [0.05, 0.1) is 7.11 Å². The molecule has 1 aliphatic carbocycles. The Kier molecular flexibility index (Phi) is 3.32. The third-order valence-electron chi connectivity index (χ3n) is 2.37. The van der Waals surface area contributed by atoms with E-state index < -0.39 is 0 Å². The van der Waals surface area contributed by atoms with Crippen LogP contribution in [0.3, 0.4) is 0 Å². The summed E-state index contributed by atoms with van der Waals surface area (Å²) in [6.45, 7) is 5.83. The Balaban J connectivity index is 0.00000169. The first-order chi connectivity index (χ1) is 6.15. The van der Waals surface area contributed by atoms with Crippen LogP contribution in [0.2, 0.25) is 0 Å². The second-order valence-electron chi connectivity index (χ2n) is 3.35. The number of hydrogen-bond acceptors (Lipinski definition) is 2. The fraction of sp³-hybridized carbons (Fsp3) is 0.455. The number of nitrogens with two attached hydrogens (primary N) is 1. The van der Waals surface area contributed by atoms with Gasteiger partial charge in [-0.1, -0.05) is 24.3 Å². The lowest BCUT2D eigenvalue weighted by Gasteiger charge is -2.17. The van der Waals surface area contributed by atoms with Gasteiger partial charge in [0, 0.05) is 7.47 Å². The van der Waals surface area contributed by atoms with Gasteiger partial charge in [-0.3, -0.25) is 0 Å². The maximum atomic E-state index is 5.77. The zero-order valence-corrected chi connectivity index (χ0v) is 8.34. The van der Waals surface area contributed by atoms with Crippen molar-refractivity contribution in [1.82, 2.24) is 0 Å². The molecular formula is C11H19NO. The largest absolute Gasteiger partial charge is 0.497 e. The Bertz CT molecular complexity index is 266. The predicted octanol–water partition coefficient (Wildman–Crippen LogP) is 2.39. The highest BCUT2D eigenvalue weighted by Gasteiger charge is 2.11. The topological polar surface area (TPSA) is 35.2 Å². The zero-order valence-electron chi connectivity index (χ0n) is 8.34. The minimum Gasteiger partial charge on any atom is -0.497 e. The molecule has 0 fully saturated rings. The average molecular weight is 181 g/mol. The van der Waals surface area contributed by atoms with Gasteiger partial charge in [-0.2, -0.15) is 0 Å². The van der Waals surface area contributed by atoms with E-state index in [0.717, 1.165) is 18.6 Å². The van der Waals surface area contributed by atoms with Crippen molar-refractivity contribution in [3.8, 4) is 0 Å². The van der Waals surface area contributed by atoms with Crippen LogP contribution in [0.5, 0.6) is 0 Å². The summed E-state index contributed by atoms with van der Waals surface area (Å²) in [6, 6.07) is 0.161. The lowest BCUT2D eigenvalue weighted by atomic mass is 9.94. The molecule has 2 nitrogen and oxygen atoms in total. The van der Waals surface area contributed by atoms with Gasteiger partial charge in [0.25, 0.3) is 0 Å². The Hall–Kier alpha value is -1.02. The highest BCUT2D eigenvalue weighted by Crippen LogP contribution is 2.24. The minimum absolute atomic E-state index is 0. The Morgan fingerprint density at radius 1 is 1.62 bits per heavy atom. The lowest BCUT2D eigenvalue weighted by molar-refractivity contribution is 0.300. The molecule has 2 N–H and O–H groups in total. The molecule has 0 aromatic heterocycles. The van der Waals surface area contributed by atoms with Crippen LogP contribution in [-0.4, -0.2) is 13.2 Å². The van der Waals surface area contributed by atoms with E-state index in [2.05, 4.69) is 12.7 Å². The van der Waals surface area contributed by atoms with E-state index in [1.54, 1.807) is 7.11 Å². The number of ether oxygens (including phenoxy) is 1. The van der Waals surface area contributed by atoms with Gasteiger partial charge in [0.2, 0.25) is 0 Å². The van der Waals surface area contributed by atoms with Crippen molar-refractivity contribution in [2.75, 3.05) is 7.11 Å². The highest BCUT2D eigenvalue weighted by atomic mass is 16.5. The molecule has 0 unspecified atom stereocenters. The molecule has 2 heteroatoms. The molecule has 13 heavy (non-hydrogen) atoms. The second kappa shape index (κ2) is 4.28. The Morgan fingerprint density at radius 2 is 2.31 bits per heavy atom.